The number of carbonyl (C=O) groups excluding carboxylic acids is 1. The van der Waals surface area contributed by atoms with Crippen molar-refractivity contribution in [3.63, 3.8) is 0 Å². The quantitative estimate of drug-likeness (QED) is 0.688. The van der Waals surface area contributed by atoms with Gasteiger partial charge in [0, 0.05) is 5.69 Å². The van der Waals surface area contributed by atoms with Crippen molar-refractivity contribution < 1.29 is 18.7 Å². The van der Waals surface area contributed by atoms with Crippen molar-refractivity contribution in [2.45, 2.75) is 6.61 Å². The second-order valence-electron chi connectivity index (χ2n) is 4.13. The number of ether oxygens (including phenoxy) is 2. The molecule has 20 heavy (non-hydrogen) atoms. The monoisotopic (exact) mass is 275 g/mol. The molecular formula is C15H14FNO3. The molecule has 0 bridgehead atoms. The van der Waals surface area contributed by atoms with Crippen LogP contribution in [0.15, 0.2) is 42.5 Å². The minimum absolute atomic E-state index is 0.192. The summed E-state index contributed by atoms with van der Waals surface area (Å²) in [6.07, 6.45) is 0. The third kappa shape index (κ3) is 3.06. The molecule has 2 aromatic rings. The van der Waals surface area contributed by atoms with E-state index in [1.54, 1.807) is 30.3 Å². The van der Waals surface area contributed by atoms with Crippen LogP contribution in [-0.4, -0.2) is 13.1 Å². The van der Waals surface area contributed by atoms with Gasteiger partial charge < -0.3 is 15.2 Å². The maximum absolute atomic E-state index is 12.8. The fourth-order valence-electron chi connectivity index (χ4n) is 1.73. The molecule has 0 aliphatic rings. The zero-order valence-corrected chi connectivity index (χ0v) is 10.9. The van der Waals surface area contributed by atoms with Crippen molar-refractivity contribution in [1.82, 2.24) is 0 Å². The average Bonchev–Trinajstić information content (AvgIpc) is 2.46. The summed E-state index contributed by atoms with van der Waals surface area (Å²) < 4.78 is 23.0. The minimum Gasteiger partial charge on any atom is -0.488 e. The average molecular weight is 275 g/mol. The Morgan fingerprint density at radius 1 is 1.20 bits per heavy atom. The van der Waals surface area contributed by atoms with Crippen LogP contribution in [0, 0.1) is 5.82 Å². The number of benzene rings is 2. The molecule has 2 rings (SSSR count). The van der Waals surface area contributed by atoms with Gasteiger partial charge in [-0.05, 0) is 29.8 Å². The largest absolute Gasteiger partial charge is 0.488 e. The van der Waals surface area contributed by atoms with Crippen molar-refractivity contribution in [3.8, 4) is 5.75 Å². The maximum atomic E-state index is 12.8. The Morgan fingerprint density at radius 3 is 2.55 bits per heavy atom. The number of anilines is 1. The lowest BCUT2D eigenvalue weighted by Gasteiger charge is -2.12. The van der Waals surface area contributed by atoms with Crippen LogP contribution in [0.4, 0.5) is 10.1 Å². The molecule has 0 fully saturated rings. The van der Waals surface area contributed by atoms with Crippen LogP contribution in [0.25, 0.3) is 0 Å². The van der Waals surface area contributed by atoms with Gasteiger partial charge in [0.05, 0.1) is 7.11 Å². The predicted molar refractivity (Wildman–Crippen MR) is 72.9 cm³/mol. The van der Waals surface area contributed by atoms with Crippen LogP contribution in [0.3, 0.4) is 0 Å². The second kappa shape index (κ2) is 6.06. The molecule has 0 aliphatic heterocycles. The Hall–Kier alpha value is -2.56. The number of hydrogen-bond acceptors (Lipinski definition) is 4. The first kappa shape index (κ1) is 13.9. The van der Waals surface area contributed by atoms with Crippen LogP contribution in [0.1, 0.15) is 15.9 Å². The van der Waals surface area contributed by atoms with Crippen LogP contribution in [-0.2, 0) is 11.3 Å². The molecule has 0 aliphatic carbocycles. The van der Waals surface area contributed by atoms with E-state index in [0.29, 0.717) is 5.75 Å². The lowest BCUT2D eigenvalue weighted by atomic mass is 10.1. The highest BCUT2D eigenvalue weighted by Crippen LogP contribution is 2.26. The summed E-state index contributed by atoms with van der Waals surface area (Å²) in [6.45, 7) is 0.202. The molecule has 0 amide bonds. The number of carbonyl (C=O) groups is 1. The Labute approximate surface area is 115 Å². The normalized spacial score (nSPS) is 10.1. The molecule has 0 unspecified atom stereocenters. The summed E-state index contributed by atoms with van der Waals surface area (Å²) in [5.74, 6) is -0.536. The molecule has 0 atom stereocenters. The van der Waals surface area contributed by atoms with Gasteiger partial charge in [-0.1, -0.05) is 18.2 Å². The summed E-state index contributed by atoms with van der Waals surface area (Å²) in [5, 5.41) is 0. The fraction of sp³-hybridized carbons (Fsp3) is 0.133. The standard InChI is InChI=1S/C15H14FNO3/c1-19-15(18)14-12(17)3-2-4-13(14)20-9-10-5-7-11(16)8-6-10/h2-8H,9,17H2,1H3. The van der Waals surface area contributed by atoms with Gasteiger partial charge in [0.15, 0.2) is 0 Å². The van der Waals surface area contributed by atoms with Crippen LogP contribution < -0.4 is 10.5 Å². The molecule has 0 radical (unpaired) electrons. The van der Waals surface area contributed by atoms with E-state index in [1.807, 2.05) is 0 Å². The number of hydrogen-bond donors (Lipinski definition) is 1. The molecule has 4 nitrogen and oxygen atoms in total. The zero-order chi connectivity index (χ0) is 14.5. The van der Waals surface area contributed by atoms with Crippen LogP contribution in [0.5, 0.6) is 5.75 Å². The Balaban J connectivity index is 2.19. The third-order valence-electron chi connectivity index (χ3n) is 2.76. The first-order valence-electron chi connectivity index (χ1n) is 5.96. The summed E-state index contributed by atoms with van der Waals surface area (Å²) in [4.78, 5) is 11.7. The smallest absolute Gasteiger partial charge is 0.343 e. The SMILES string of the molecule is COC(=O)c1c(N)cccc1OCc1ccc(F)cc1. The summed E-state index contributed by atoms with van der Waals surface area (Å²) in [6, 6.07) is 10.8. The van der Waals surface area contributed by atoms with Crippen molar-refractivity contribution in [1.29, 1.82) is 0 Å². The number of nitrogens with two attached hydrogens (primary N) is 1. The maximum Gasteiger partial charge on any atom is 0.343 e. The number of rotatable bonds is 4. The highest BCUT2D eigenvalue weighted by atomic mass is 19.1. The predicted octanol–water partition coefficient (Wildman–Crippen LogP) is 2.77. The van der Waals surface area contributed by atoms with Gasteiger partial charge >= 0.3 is 5.97 Å². The van der Waals surface area contributed by atoms with Gasteiger partial charge in [-0.15, -0.1) is 0 Å². The Morgan fingerprint density at radius 2 is 1.90 bits per heavy atom. The number of esters is 1. The molecule has 5 heteroatoms. The van der Waals surface area contributed by atoms with Crippen molar-refractivity contribution >= 4 is 11.7 Å². The third-order valence-corrected chi connectivity index (χ3v) is 2.76. The van der Waals surface area contributed by atoms with Crippen molar-refractivity contribution in [2.24, 2.45) is 0 Å². The van der Waals surface area contributed by atoms with Gasteiger partial charge in [0.2, 0.25) is 0 Å². The zero-order valence-electron chi connectivity index (χ0n) is 10.9. The van der Waals surface area contributed by atoms with E-state index in [1.165, 1.54) is 19.2 Å². The highest BCUT2D eigenvalue weighted by molar-refractivity contribution is 5.98. The minimum atomic E-state index is -0.558. The van der Waals surface area contributed by atoms with Gasteiger partial charge in [-0.25, -0.2) is 9.18 Å². The molecule has 0 saturated heterocycles. The Kier molecular flexibility index (Phi) is 4.20. The summed E-state index contributed by atoms with van der Waals surface area (Å²) in [7, 11) is 1.28. The second-order valence-corrected chi connectivity index (χ2v) is 4.13. The lowest BCUT2D eigenvalue weighted by molar-refractivity contribution is 0.0597. The molecule has 2 N–H and O–H groups in total. The van der Waals surface area contributed by atoms with E-state index in [9.17, 15) is 9.18 Å². The lowest BCUT2D eigenvalue weighted by Crippen LogP contribution is -2.09. The van der Waals surface area contributed by atoms with E-state index < -0.39 is 5.97 Å². The van der Waals surface area contributed by atoms with Gasteiger partial charge in [-0.3, -0.25) is 0 Å². The van der Waals surface area contributed by atoms with Gasteiger partial charge in [0.25, 0.3) is 0 Å². The number of halogens is 1. The van der Waals surface area contributed by atoms with Crippen molar-refractivity contribution in [3.05, 3.63) is 59.4 Å². The summed E-state index contributed by atoms with van der Waals surface area (Å²) >= 11 is 0. The van der Waals surface area contributed by atoms with Gasteiger partial charge in [-0.2, -0.15) is 0 Å². The number of methoxy groups -OCH3 is 1. The van der Waals surface area contributed by atoms with Crippen LogP contribution in [0.2, 0.25) is 0 Å². The van der Waals surface area contributed by atoms with E-state index in [4.69, 9.17) is 10.5 Å². The number of nitrogen functional groups attached to an aromatic ring is 1. The first-order chi connectivity index (χ1) is 9.61. The highest BCUT2D eigenvalue weighted by Gasteiger charge is 2.16. The molecule has 104 valence electrons. The summed E-state index contributed by atoms with van der Waals surface area (Å²) in [5.41, 5.74) is 7.02. The molecule has 0 aromatic heterocycles. The molecular weight excluding hydrogens is 261 g/mol. The van der Waals surface area contributed by atoms with Gasteiger partial charge in [0.1, 0.15) is 23.7 Å². The molecule has 0 spiro atoms. The fourth-order valence-corrected chi connectivity index (χ4v) is 1.73. The molecule has 0 saturated carbocycles. The molecule has 0 heterocycles. The van der Waals surface area contributed by atoms with E-state index in [-0.39, 0.29) is 23.7 Å². The van der Waals surface area contributed by atoms with E-state index in [2.05, 4.69) is 4.74 Å². The molecule has 2 aromatic carbocycles. The van der Waals surface area contributed by atoms with E-state index >= 15 is 0 Å². The topological polar surface area (TPSA) is 61.5 Å². The first-order valence-corrected chi connectivity index (χ1v) is 5.96. The van der Waals surface area contributed by atoms with Crippen molar-refractivity contribution in [2.75, 3.05) is 12.8 Å². The van der Waals surface area contributed by atoms with Crippen LogP contribution >= 0.6 is 0 Å². The van der Waals surface area contributed by atoms with E-state index in [0.717, 1.165) is 5.56 Å². The Bertz CT molecular complexity index is 611.